The number of nitrogens with one attached hydrogen (secondary N) is 2. The van der Waals surface area contributed by atoms with E-state index < -0.39 is 17.5 Å². The molecule has 1 aromatic heterocycles. The van der Waals surface area contributed by atoms with Gasteiger partial charge in [0.1, 0.15) is 11.2 Å². The highest BCUT2D eigenvalue weighted by Crippen LogP contribution is 2.46. The molecule has 4 rings (SSSR count). The minimum atomic E-state index is -4.64. The van der Waals surface area contributed by atoms with Gasteiger partial charge in [0.2, 0.25) is 5.91 Å². The number of carbonyl (C=O) groups excluding carboxylic acids is 1. The first kappa shape index (κ1) is 18.5. The number of aromatic amines is 1. The molecule has 0 bridgehead atoms. The van der Waals surface area contributed by atoms with Crippen LogP contribution in [-0.2, 0) is 9.53 Å². The summed E-state index contributed by atoms with van der Waals surface area (Å²) in [5, 5.41) is 2.45. The lowest BCUT2D eigenvalue weighted by atomic mass is 9.78. The van der Waals surface area contributed by atoms with Crippen molar-refractivity contribution in [1.82, 2.24) is 9.97 Å². The smallest absolute Gasteiger partial charge is 0.381 e. The van der Waals surface area contributed by atoms with E-state index in [9.17, 15) is 18.0 Å². The van der Waals surface area contributed by atoms with E-state index in [4.69, 9.17) is 4.74 Å². The monoisotopic (exact) mass is 389 g/mol. The number of fused-ring (bicyclic) bond motifs is 1. The molecule has 5 nitrogen and oxygen atoms in total. The van der Waals surface area contributed by atoms with Gasteiger partial charge in [-0.05, 0) is 37.1 Å². The zero-order chi connectivity index (χ0) is 19.8. The average molecular weight is 389 g/mol. The molecule has 0 aliphatic carbocycles. The molecule has 0 spiro atoms. The van der Waals surface area contributed by atoms with Gasteiger partial charge in [0.25, 0.3) is 0 Å². The molecule has 0 radical (unpaired) electrons. The second kappa shape index (κ2) is 6.94. The average Bonchev–Trinajstić information content (AvgIpc) is 3.12. The van der Waals surface area contributed by atoms with Gasteiger partial charge in [-0.25, -0.2) is 4.98 Å². The van der Waals surface area contributed by atoms with Crippen LogP contribution in [0.2, 0.25) is 0 Å². The standard InChI is InChI=1S/C20H18F3N3O2/c21-20(22,23)19(8-10-28-11-9-19)18(27)24-14-5-3-4-13(12-14)17-25-15-6-1-2-7-16(15)26-17/h1-7,12H,8-11H2,(H,24,27)(H,25,26). The summed E-state index contributed by atoms with van der Waals surface area (Å²) >= 11 is 0. The van der Waals surface area contributed by atoms with Crippen molar-refractivity contribution < 1.29 is 22.7 Å². The Morgan fingerprint density at radius 2 is 1.86 bits per heavy atom. The van der Waals surface area contributed by atoms with E-state index in [0.29, 0.717) is 11.4 Å². The van der Waals surface area contributed by atoms with Crippen molar-refractivity contribution >= 4 is 22.6 Å². The molecule has 1 saturated heterocycles. The number of rotatable bonds is 3. The first-order valence-electron chi connectivity index (χ1n) is 8.90. The Morgan fingerprint density at radius 3 is 2.57 bits per heavy atom. The minimum Gasteiger partial charge on any atom is -0.381 e. The number of hydrogen-bond donors (Lipinski definition) is 2. The maximum atomic E-state index is 13.7. The van der Waals surface area contributed by atoms with Crippen LogP contribution in [-0.4, -0.2) is 35.3 Å². The third kappa shape index (κ3) is 3.24. The van der Waals surface area contributed by atoms with Crippen molar-refractivity contribution in [3.63, 3.8) is 0 Å². The van der Waals surface area contributed by atoms with Crippen LogP contribution in [0.5, 0.6) is 0 Å². The van der Waals surface area contributed by atoms with E-state index >= 15 is 0 Å². The van der Waals surface area contributed by atoms with E-state index in [0.717, 1.165) is 11.0 Å². The Hall–Kier alpha value is -2.87. The molecule has 1 aliphatic heterocycles. The number of amides is 1. The van der Waals surface area contributed by atoms with Gasteiger partial charge in [-0.2, -0.15) is 13.2 Å². The predicted molar refractivity (Wildman–Crippen MR) is 98.7 cm³/mol. The van der Waals surface area contributed by atoms with E-state index in [2.05, 4.69) is 15.3 Å². The molecule has 8 heteroatoms. The van der Waals surface area contributed by atoms with E-state index in [-0.39, 0.29) is 31.7 Å². The number of imidazole rings is 1. The molecular formula is C20H18F3N3O2. The van der Waals surface area contributed by atoms with Crippen molar-refractivity contribution in [1.29, 1.82) is 0 Å². The lowest BCUT2D eigenvalue weighted by Gasteiger charge is -2.37. The lowest BCUT2D eigenvalue weighted by Crippen LogP contribution is -2.51. The Bertz CT molecular complexity index is 974. The first-order valence-corrected chi connectivity index (χ1v) is 8.90. The molecule has 0 atom stereocenters. The maximum absolute atomic E-state index is 13.7. The molecule has 146 valence electrons. The van der Waals surface area contributed by atoms with Crippen LogP contribution in [0, 0.1) is 5.41 Å². The van der Waals surface area contributed by atoms with Gasteiger partial charge < -0.3 is 15.0 Å². The zero-order valence-electron chi connectivity index (χ0n) is 14.8. The largest absolute Gasteiger partial charge is 0.403 e. The van der Waals surface area contributed by atoms with Crippen molar-refractivity contribution in [2.75, 3.05) is 18.5 Å². The summed E-state index contributed by atoms with van der Waals surface area (Å²) in [4.78, 5) is 20.3. The number of hydrogen-bond acceptors (Lipinski definition) is 3. The van der Waals surface area contributed by atoms with Crippen molar-refractivity contribution in [3.05, 3.63) is 48.5 Å². The van der Waals surface area contributed by atoms with Crippen LogP contribution in [0.25, 0.3) is 22.4 Å². The fourth-order valence-electron chi connectivity index (χ4n) is 3.44. The number of aromatic nitrogens is 2. The van der Waals surface area contributed by atoms with Gasteiger partial charge in [0, 0.05) is 24.5 Å². The van der Waals surface area contributed by atoms with Crippen LogP contribution < -0.4 is 5.32 Å². The van der Waals surface area contributed by atoms with Crippen LogP contribution >= 0.6 is 0 Å². The molecule has 1 fully saturated rings. The van der Waals surface area contributed by atoms with E-state index in [1.165, 1.54) is 0 Å². The third-order valence-electron chi connectivity index (χ3n) is 5.11. The zero-order valence-corrected chi connectivity index (χ0v) is 14.8. The topological polar surface area (TPSA) is 67.0 Å². The Labute approximate surface area is 158 Å². The third-order valence-corrected chi connectivity index (χ3v) is 5.11. The number of benzene rings is 2. The van der Waals surface area contributed by atoms with Gasteiger partial charge in [0.15, 0.2) is 0 Å². The molecule has 2 heterocycles. The molecule has 1 amide bonds. The fourth-order valence-corrected chi connectivity index (χ4v) is 3.44. The molecule has 2 aromatic carbocycles. The number of carbonyl (C=O) groups is 1. The Kier molecular flexibility index (Phi) is 4.58. The molecule has 0 saturated carbocycles. The maximum Gasteiger partial charge on any atom is 0.403 e. The molecular weight excluding hydrogens is 371 g/mol. The SMILES string of the molecule is O=C(Nc1cccc(-c2nc3ccccc3[nH]2)c1)C1(C(F)(F)F)CCOCC1. The fraction of sp³-hybridized carbons (Fsp3) is 0.300. The van der Waals surface area contributed by atoms with Crippen LogP contribution in [0.3, 0.4) is 0 Å². The number of H-pyrrole nitrogens is 1. The Morgan fingerprint density at radius 1 is 1.11 bits per heavy atom. The summed E-state index contributed by atoms with van der Waals surface area (Å²) < 4.78 is 46.1. The highest BCUT2D eigenvalue weighted by atomic mass is 19.4. The summed E-state index contributed by atoms with van der Waals surface area (Å²) in [5.41, 5.74) is 0.163. The van der Waals surface area contributed by atoms with Gasteiger partial charge >= 0.3 is 6.18 Å². The van der Waals surface area contributed by atoms with Crippen molar-refractivity contribution in [2.45, 2.75) is 19.0 Å². The molecule has 2 N–H and O–H groups in total. The summed E-state index contributed by atoms with van der Waals surface area (Å²) in [5.74, 6) is -0.473. The summed E-state index contributed by atoms with van der Waals surface area (Å²) in [6.07, 6.45) is -5.41. The van der Waals surface area contributed by atoms with E-state index in [1.807, 2.05) is 24.3 Å². The second-order valence-corrected chi connectivity index (χ2v) is 6.83. The van der Waals surface area contributed by atoms with Crippen molar-refractivity contribution in [3.8, 4) is 11.4 Å². The summed E-state index contributed by atoms with van der Waals surface area (Å²) in [6, 6.07) is 14.1. The lowest BCUT2D eigenvalue weighted by molar-refractivity contribution is -0.237. The van der Waals surface area contributed by atoms with E-state index in [1.54, 1.807) is 24.3 Å². The molecule has 28 heavy (non-hydrogen) atoms. The van der Waals surface area contributed by atoms with Gasteiger partial charge in [-0.15, -0.1) is 0 Å². The molecule has 3 aromatic rings. The first-order chi connectivity index (χ1) is 13.4. The number of halogens is 3. The summed E-state index contributed by atoms with van der Waals surface area (Å²) in [7, 11) is 0. The van der Waals surface area contributed by atoms with Gasteiger partial charge in [-0.3, -0.25) is 4.79 Å². The Balaban J connectivity index is 1.61. The number of nitrogens with zero attached hydrogens (tertiary/aromatic N) is 1. The second-order valence-electron chi connectivity index (χ2n) is 6.83. The van der Waals surface area contributed by atoms with Gasteiger partial charge in [-0.1, -0.05) is 24.3 Å². The number of ether oxygens (including phenoxy) is 1. The molecule has 1 aliphatic rings. The minimum absolute atomic E-state index is 0.0913. The normalized spacial score (nSPS) is 16.8. The number of anilines is 1. The molecule has 0 unspecified atom stereocenters. The highest BCUT2D eigenvalue weighted by molar-refractivity contribution is 5.96. The predicted octanol–water partition coefficient (Wildman–Crippen LogP) is 4.53. The van der Waals surface area contributed by atoms with Crippen LogP contribution in [0.1, 0.15) is 12.8 Å². The highest BCUT2D eigenvalue weighted by Gasteiger charge is 2.60. The van der Waals surface area contributed by atoms with Crippen LogP contribution in [0.15, 0.2) is 48.5 Å². The summed E-state index contributed by atoms with van der Waals surface area (Å²) in [6.45, 7) is -0.183. The van der Waals surface area contributed by atoms with Crippen molar-refractivity contribution in [2.24, 2.45) is 5.41 Å². The number of alkyl halides is 3. The van der Waals surface area contributed by atoms with Crippen LogP contribution in [0.4, 0.5) is 18.9 Å². The van der Waals surface area contributed by atoms with Gasteiger partial charge in [0.05, 0.1) is 11.0 Å². The quantitative estimate of drug-likeness (QED) is 0.692. The number of para-hydroxylation sites is 2.